The lowest BCUT2D eigenvalue weighted by molar-refractivity contribution is -0.121. The van der Waals surface area contributed by atoms with E-state index in [1.165, 1.54) is 10.9 Å². The van der Waals surface area contributed by atoms with Gasteiger partial charge in [0.15, 0.2) is 0 Å². The Labute approximate surface area is 201 Å². The van der Waals surface area contributed by atoms with Crippen molar-refractivity contribution in [1.82, 2.24) is 19.8 Å². The molecule has 1 aliphatic rings. The molecule has 0 atom stereocenters. The number of β-amino-alcohol motifs (C(OH)–C–C–N with tert-alkyl or cyclic N) is 1. The molecule has 33 heavy (non-hydrogen) atoms. The van der Waals surface area contributed by atoms with Crippen molar-refractivity contribution in [2.75, 3.05) is 44.2 Å². The Kier molecular flexibility index (Phi) is 7.49. The minimum Gasteiger partial charge on any atom is -0.395 e. The van der Waals surface area contributed by atoms with Gasteiger partial charge in [-0.15, -0.1) is 0 Å². The van der Waals surface area contributed by atoms with Crippen LogP contribution in [-0.4, -0.2) is 64.8 Å². The molecule has 0 spiro atoms. The van der Waals surface area contributed by atoms with Crippen molar-refractivity contribution < 1.29 is 9.90 Å². The summed E-state index contributed by atoms with van der Waals surface area (Å²) in [6.07, 6.45) is 1.40. The van der Waals surface area contributed by atoms with Crippen molar-refractivity contribution in [2.24, 2.45) is 0 Å². The molecule has 0 radical (unpaired) electrons. The monoisotopic (exact) mass is 489 g/mol. The van der Waals surface area contributed by atoms with Gasteiger partial charge in [-0.2, -0.15) is 0 Å². The van der Waals surface area contributed by atoms with Gasteiger partial charge in [0.25, 0.3) is 5.56 Å². The number of halogens is 2. The molecule has 1 saturated heterocycles. The molecule has 174 valence electrons. The van der Waals surface area contributed by atoms with Crippen LogP contribution in [0.4, 0.5) is 5.69 Å². The predicted molar refractivity (Wildman–Crippen MR) is 130 cm³/mol. The number of piperazine rings is 1. The molecule has 0 saturated carbocycles. The van der Waals surface area contributed by atoms with Gasteiger partial charge in [-0.3, -0.25) is 19.1 Å². The second-order valence-corrected chi connectivity index (χ2v) is 8.77. The molecule has 0 unspecified atom stereocenters. The summed E-state index contributed by atoms with van der Waals surface area (Å²) < 4.78 is 1.31. The van der Waals surface area contributed by atoms with Gasteiger partial charge in [0, 0.05) is 45.0 Å². The van der Waals surface area contributed by atoms with E-state index in [2.05, 4.69) is 20.1 Å². The third-order valence-electron chi connectivity index (χ3n) is 5.75. The minimum absolute atomic E-state index is 0.132. The van der Waals surface area contributed by atoms with Crippen LogP contribution in [0, 0.1) is 0 Å². The van der Waals surface area contributed by atoms with Crippen LogP contribution in [0.3, 0.4) is 0 Å². The number of aliphatic hydroxyl groups is 1. The summed E-state index contributed by atoms with van der Waals surface area (Å²) >= 11 is 11.9. The van der Waals surface area contributed by atoms with Crippen LogP contribution in [0.2, 0.25) is 10.0 Å². The maximum Gasteiger partial charge on any atom is 0.261 e. The molecule has 4 rings (SSSR count). The SMILES string of the molecule is O=C(Cn1cnc2ccc(N3CCN(CCO)CC3)cc2c1=O)NCc1ccc(Cl)c(Cl)c1. The number of carbonyl (C=O) groups excluding carboxylic acids is 1. The molecule has 1 aromatic heterocycles. The van der Waals surface area contributed by atoms with E-state index in [1.807, 2.05) is 18.2 Å². The first-order valence-electron chi connectivity index (χ1n) is 10.7. The minimum atomic E-state index is -0.305. The number of benzene rings is 2. The van der Waals surface area contributed by atoms with Gasteiger partial charge in [-0.1, -0.05) is 29.3 Å². The molecule has 2 N–H and O–H groups in total. The van der Waals surface area contributed by atoms with Gasteiger partial charge in [-0.25, -0.2) is 4.98 Å². The first kappa shape index (κ1) is 23.5. The fourth-order valence-corrected chi connectivity index (χ4v) is 4.21. The zero-order valence-corrected chi connectivity index (χ0v) is 19.5. The summed E-state index contributed by atoms with van der Waals surface area (Å²) in [6, 6.07) is 10.8. The largest absolute Gasteiger partial charge is 0.395 e. The number of nitrogens with zero attached hydrogens (tertiary/aromatic N) is 4. The van der Waals surface area contributed by atoms with E-state index in [0.29, 0.717) is 27.5 Å². The summed E-state index contributed by atoms with van der Waals surface area (Å²) in [6.45, 7) is 4.32. The second kappa shape index (κ2) is 10.5. The number of nitrogens with one attached hydrogen (secondary N) is 1. The summed E-state index contributed by atoms with van der Waals surface area (Å²) in [5.41, 5.74) is 2.10. The molecule has 10 heteroatoms. The number of aromatic nitrogens is 2. The van der Waals surface area contributed by atoms with E-state index in [9.17, 15) is 9.59 Å². The summed E-state index contributed by atoms with van der Waals surface area (Å²) in [4.78, 5) is 34.3. The van der Waals surface area contributed by atoms with Crippen molar-refractivity contribution in [3.63, 3.8) is 0 Å². The molecule has 8 nitrogen and oxygen atoms in total. The average Bonchev–Trinajstić information content (AvgIpc) is 2.82. The van der Waals surface area contributed by atoms with Crippen LogP contribution in [0.5, 0.6) is 0 Å². The number of hydrogen-bond donors (Lipinski definition) is 2. The van der Waals surface area contributed by atoms with Crippen LogP contribution < -0.4 is 15.8 Å². The van der Waals surface area contributed by atoms with Crippen LogP contribution in [-0.2, 0) is 17.9 Å². The third kappa shape index (κ3) is 5.65. The highest BCUT2D eigenvalue weighted by Crippen LogP contribution is 2.22. The first-order chi connectivity index (χ1) is 15.9. The van der Waals surface area contributed by atoms with Gasteiger partial charge in [-0.05, 0) is 35.9 Å². The lowest BCUT2D eigenvalue weighted by Crippen LogP contribution is -2.47. The third-order valence-corrected chi connectivity index (χ3v) is 6.49. The molecular weight excluding hydrogens is 465 g/mol. The van der Waals surface area contributed by atoms with Gasteiger partial charge in [0.05, 0.1) is 33.9 Å². The molecule has 0 aliphatic carbocycles. The topological polar surface area (TPSA) is 90.7 Å². The summed E-state index contributed by atoms with van der Waals surface area (Å²) in [5.74, 6) is -0.305. The Morgan fingerprint density at radius 1 is 1.06 bits per heavy atom. The van der Waals surface area contributed by atoms with Crippen LogP contribution in [0.25, 0.3) is 10.9 Å². The molecule has 2 heterocycles. The maximum atomic E-state index is 13.0. The second-order valence-electron chi connectivity index (χ2n) is 7.96. The smallest absolute Gasteiger partial charge is 0.261 e. The Morgan fingerprint density at radius 3 is 2.58 bits per heavy atom. The van der Waals surface area contributed by atoms with Gasteiger partial charge < -0.3 is 15.3 Å². The normalized spacial score (nSPS) is 14.6. The maximum absolute atomic E-state index is 13.0. The molecule has 1 fully saturated rings. The van der Waals surface area contributed by atoms with Crippen LogP contribution in [0.1, 0.15) is 5.56 Å². The Morgan fingerprint density at radius 2 is 1.85 bits per heavy atom. The molecular formula is C23H25Cl2N5O3. The van der Waals surface area contributed by atoms with Crippen molar-refractivity contribution >= 4 is 45.7 Å². The Hall–Kier alpha value is -2.65. The quantitative estimate of drug-likeness (QED) is 0.528. The first-order valence-corrected chi connectivity index (χ1v) is 11.5. The number of carbonyl (C=O) groups is 1. The molecule has 0 bridgehead atoms. The highest BCUT2D eigenvalue weighted by Gasteiger charge is 2.18. The summed E-state index contributed by atoms with van der Waals surface area (Å²) in [5, 5.41) is 13.2. The predicted octanol–water partition coefficient (Wildman–Crippen LogP) is 2.13. The number of rotatable bonds is 7. The van der Waals surface area contributed by atoms with Crippen LogP contribution >= 0.6 is 23.2 Å². The standard InChI is InChI=1S/C23H25Cl2N5O3/c24-19-3-1-16(11-20(19)25)13-26-22(32)14-30-15-27-21-4-2-17(12-18(21)23(30)33)29-7-5-28(6-8-29)9-10-31/h1-4,11-12,15,31H,5-10,13-14H2,(H,26,32). The molecule has 2 aromatic carbocycles. The zero-order valence-electron chi connectivity index (χ0n) is 18.0. The highest BCUT2D eigenvalue weighted by molar-refractivity contribution is 6.42. The lowest BCUT2D eigenvalue weighted by atomic mass is 10.2. The van der Waals surface area contributed by atoms with Gasteiger partial charge in [0.1, 0.15) is 6.54 Å². The lowest BCUT2D eigenvalue weighted by Gasteiger charge is -2.35. The Bertz CT molecular complexity index is 1210. The highest BCUT2D eigenvalue weighted by atomic mass is 35.5. The van der Waals surface area contributed by atoms with Crippen molar-refractivity contribution in [3.8, 4) is 0 Å². The fraction of sp³-hybridized carbons (Fsp3) is 0.348. The molecule has 1 amide bonds. The molecule has 1 aliphatic heterocycles. The van der Waals surface area contributed by atoms with E-state index in [1.54, 1.807) is 18.2 Å². The van der Waals surface area contributed by atoms with E-state index in [4.69, 9.17) is 28.3 Å². The van der Waals surface area contributed by atoms with Crippen molar-refractivity contribution in [2.45, 2.75) is 13.1 Å². The van der Waals surface area contributed by atoms with Gasteiger partial charge >= 0.3 is 0 Å². The number of fused-ring (bicyclic) bond motifs is 1. The Balaban J connectivity index is 1.45. The average molecular weight is 490 g/mol. The summed E-state index contributed by atoms with van der Waals surface area (Å²) in [7, 11) is 0. The van der Waals surface area contributed by atoms with E-state index in [0.717, 1.165) is 37.4 Å². The van der Waals surface area contributed by atoms with E-state index >= 15 is 0 Å². The van der Waals surface area contributed by atoms with Crippen LogP contribution in [0.15, 0.2) is 47.5 Å². The number of aliphatic hydroxyl groups excluding tert-OH is 1. The fourth-order valence-electron chi connectivity index (χ4n) is 3.89. The van der Waals surface area contributed by atoms with E-state index < -0.39 is 0 Å². The van der Waals surface area contributed by atoms with Crippen molar-refractivity contribution in [3.05, 3.63) is 68.7 Å². The number of anilines is 1. The van der Waals surface area contributed by atoms with E-state index in [-0.39, 0.29) is 31.2 Å². The number of amides is 1. The van der Waals surface area contributed by atoms with Crippen molar-refractivity contribution in [1.29, 1.82) is 0 Å². The molecule has 3 aromatic rings. The zero-order chi connectivity index (χ0) is 23.4. The van der Waals surface area contributed by atoms with Gasteiger partial charge in [0.2, 0.25) is 5.91 Å². The number of hydrogen-bond acceptors (Lipinski definition) is 6.